The number of aryl methyl sites for hydroxylation is 1. The van der Waals surface area contributed by atoms with Crippen LogP contribution in [0.3, 0.4) is 0 Å². The Balaban J connectivity index is 1.88. The molecule has 1 heterocycles. The molecule has 3 nitrogen and oxygen atoms in total. The number of hydrogen-bond acceptors (Lipinski definition) is 3. The normalized spacial score (nSPS) is 25.1. The summed E-state index contributed by atoms with van der Waals surface area (Å²) in [4.78, 5) is 12.0. The maximum Gasteiger partial charge on any atom is 0.341 e. The predicted octanol–water partition coefficient (Wildman–Crippen LogP) is 3.56. The average molecular weight is 262 g/mol. The van der Waals surface area contributed by atoms with E-state index in [2.05, 4.69) is 6.92 Å². The topological polar surface area (TPSA) is 38.8 Å². The smallest absolute Gasteiger partial charge is 0.341 e. The fourth-order valence-corrected chi connectivity index (χ4v) is 2.15. The highest BCUT2D eigenvalue weighted by molar-refractivity contribution is 5.83. The maximum absolute atomic E-state index is 12.0. The Labute approximate surface area is 114 Å². The molecule has 0 amide bonds. The van der Waals surface area contributed by atoms with Crippen LogP contribution in [0.1, 0.15) is 50.3 Å². The third-order valence-electron chi connectivity index (χ3n) is 3.57. The highest BCUT2D eigenvalue weighted by Gasteiger charge is 2.60. The quantitative estimate of drug-likeness (QED) is 0.447. The van der Waals surface area contributed by atoms with E-state index in [-0.39, 0.29) is 12.1 Å². The van der Waals surface area contributed by atoms with Crippen molar-refractivity contribution >= 4 is 5.97 Å². The fraction of sp³-hybridized carbons (Fsp3) is 0.562. The van der Waals surface area contributed by atoms with Gasteiger partial charge in [-0.25, -0.2) is 4.79 Å². The number of unbranched alkanes of at least 4 members (excludes halogenated alkanes) is 2. The highest BCUT2D eigenvalue weighted by atomic mass is 16.7. The molecule has 0 radical (unpaired) electrons. The van der Waals surface area contributed by atoms with Crippen molar-refractivity contribution in [3.63, 3.8) is 0 Å². The van der Waals surface area contributed by atoms with Crippen molar-refractivity contribution < 1.29 is 14.3 Å². The van der Waals surface area contributed by atoms with Gasteiger partial charge in [-0.1, -0.05) is 49.6 Å². The summed E-state index contributed by atoms with van der Waals surface area (Å²) in [7, 11) is 0. The number of carbonyl (C=O) groups is 1. The monoisotopic (exact) mass is 262 g/mol. The maximum atomic E-state index is 12.0. The molecule has 2 unspecified atom stereocenters. The minimum absolute atomic E-state index is 0.160. The zero-order valence-corrected chi connectivity index (χ0v) is 11.9. The molecular weight excluding hydrogens is 240 g/mol. The Kier molecular flexibility index (Phi) is 4.25. The molecule has 1 aromatic rings. The van der Waals surface area contributed by atoms with Crippen molar-refractivity contribution in [3.05, 3.63) is 35.4 Å². The molecule has 1 aliphatic rings. The van der Waals surface area contributed by atoms with Gasteiger partial charge in [0.2, 0.25) is 0 Å². The van der Waals surface area contributed by atoms with Crippen molar-refractivity contribution in [2.24, 2.45) is 0 Å². The van der Waals surface area contributed by atoms with Gasteiger partial charge in [-0.2, -0.15) is 0 Å². The molecule has 2 rings (SSSR count). The van der Waals surface area contributed by atoms with Gasteiger partial charge in [-0.3, -0.25) is 0 Å². The Hall–Kier alpha value is -1.35. The van der Waals surface area contributed by atoms with Crippen molar-refractivity contribution in [2.75, 3.05) is 6.61 Å². The number of carbonyl (C=O) groups excluding carboxylic acids is 1. The number of hydrogen-bond donors (Lipinski definition) is 0. The van der Waals surface area contributed by atoms with E-state index in [1.807, 2.05) is 31.2 Å². The molecule has 0 bridgehead atoms. The van der Waals surface area contributed by atoms with E-state index in [1.54, 1.807) is 6.92 Å². The lowest BCUT2D eigenvalue weighted by Gasteiger charge is -2.07. The Morgan fingerprint density at radius 3 is 2.63 bits per heavy atom. The molecule has 3 heteroatoms. The third-order valence-corrected chi connectivity index (χ3v) is 3.57. The van der Waals surface area contributed by atoms with Crippen LogP contribution in [0, 0.1) is 6.92 Å². The van der Waals surface area contributed by atoms with E-state index in [1.165, 1.54) is 5.56 Å². The zero-order chi connectivity index (χ0) is 13.9. The first kappa shape index (κ1) is 14.1. The van der Waals surface area contributed by atoms with E-state index in [9.17, 15) is 4.79 Å². The summed E-state index contributed by atoms with van der Waals surface area (Å²) >= 11 is 0. The van der Waals surface area contributed by atoms with Crippen LogP contribution in [0.25, 0.3) is 0 Å². The largest absolute Gasteiger partial charge is 0.463 e. The molecule has 1 aliphatic heterocycles. The molecule has 0 spiro atoms. The predicted molar refractivity (Wildman–Crippen MR) is 73.9 cm³/mol. The van der Waals surface area contributed by atoms with Gasteiger partial charge >= 0.3 is 5.97 Å². The standard InChI is InChI=1S/C16H22O3/c1-4-5-6-11-18-15(17)16(3)14(19-16)13-9-7-12(2)8-10-13/h7-10,14H,4-6,11H2,1-3H3. The lowest BCUT2D eigenvalue weighted by Crippen LogP contribution is -2.24. The van der Waals surface area contributed by atoms with Gasteiger partial charge in [0.1, 0.15) is 6.10 Å². The van der Waals surface area contributed by atoms with Crippen LogP contribution in [0.2, 0.25) is 0 Å². The first-order valence-corrected chi connectivity index (χ1v) is 6.99. The van der Waals surface area contributed by atoms with Crippen molar-refractivity contribution in [2.45, 2.75) is 51.7 Å². The summed E-state index contributed by atoms with van der Waals surface area (Å²) in [6.45, 7) is 6.46. The average Bonchev–Trinajstić information content (AvgIpc) is 3.09. The Morgan fingerprint density at radius 1 is 1.32 bits per heavy atom. The molecule has 2 atom stereocenters. The van der Waals surface area contributed by atoms with E-state index < -0.39 is 5.60 Å². The molecule has 1 saturated heterocycles. The second-order valence-corrected chi connectivity index (χ2v) is 5.36. The molecule has 104 valence electrons. The summed E-state index contributed by atoms with van der Waals surface area (Å²) in [5.74, 6) is -0.242. The van der Waals surface area contributed by atoms with Crippen LogP contribution in [0.15, 0.2) is 24.3 Å². The minimum Gasteiger partial charge on any atom is -0.463 e. The van der Waals surface area contributed by atoms with Gasteiger partial charge in [-0.15, -0.1) is 0 Å². The Bertz CT molecular complexity index is 438. The Morgan fingerprint density at radius 2 is 2.00 bits per heavy atom. The number of esters is 1. The van der Waals surface area contributed by atoms with Crippen LogP contribution in [-0.2, 0) is 14.3 Å². The van der Waals surface area contributed by atoms with Crippen molar-refractivity contribution in [1.29, 1.82) is 0 Å². The summed E-state index contributed by atoms with van der Waals surface area (Å²) in [6.07, 6.45) is 2.98. The zero-order valence-electron chi connectivity index (χ0n) is 11.9. The van der Waals surface area contributed by atoms with Gasteiger partial charge in [-0.05, 0) is 25.8 Å². The van der Waals surface area contributed by atoms with Gasteiger partial charge in [0.25, 0.3) is 0 Å². The molecule has 1 aromatic carbocycles. The third kappa shape index (κ3) is 3.16. The summed E-state index contributed by atoms with van der Waals surface area (Å²) in [5, 5.41) is 0. The van der Waals surface area contributed by atoms with Gasteiger partial charge < -0.3 is 9.47 Å². The second-order valence-electron chi connectivity index (χ2n) is 5.36. The SMILES string of the molecule is CCCCCOC(=O)C1(C)OC1c1ccc(C)cc1. The van der Waals surface area contributed by atoms with Gasteiger partial charge in [0, 0.05) is 0 Å². The lowest BCUT2D eigenvalue weighted by atomic mass is 10.0. The lowest BCUT2D eigenvalue weighted by molar-refractivity contribution is -0.149. The number of ether oxygens (including phenoxy) is 2. The second kappa shape index (κ2) is 5.74. The van der Waals surface area contributed by atoms with Crippen LogP contribution in [0.4, 0.5) is 0 Å². The summed E-state index contributed by atoms with van der Waals surface area (Å²) < 4.78 is 10.9. The first-order chi connectivity index (χ1) is 9.08. The van der Waals surface area contributed by atoms with E-state index in [0.717, 1.165) is 24.8 Å². The first-order valence-electron chi connectivity index (χ1n) is 6.99. The van der Waals surface area contributed by atoms with E-state index >= 15 is 0 Å². The van der Waals surface area contributed by atoms with Crippen molar-refractivity contribution in [1.82, 2.24) is 0 Å². The molecule has 0 aliphatic carbocycles. The summed E-state index contributed by atoms with van der Waals surface area (Å²) in [5.41, 5.74) is 1.45. The highest BCUT2D eigenvalue weighted by Crippen LogP contribution is 2.50. The van der Waals surface area contributed by atoms with Crippen LogP contribution >= 0.6 is 0 Å². The molecular formula is C16H22O3. The molecule has 19 heavy (non-hydrogen) atoms. The fourth-order valence-electron chi connectivity index (χ4n) is 2.15. The van der Waals surface area contributed by atoms with Gasteiger partial charge in [0.15, 0.2) is 5.60 Å². The van der Waals surface area contributed by atoms with Crippen LogP contribution in [-0.4, -0.2) is 18.2 Å². The number of benzene rings is 1. The number of rotatable bonds is 6. The number of epoxide rings is 1. The van der Waals surface area contributed by atoms with E-state index in [4.69, 9.17) is 9.47 Å². The molecule has 0 aromatic heterocycles. The van der Waals surface area contributed by atoms with Crippen molar-refractivity contribution in [3.8, 4) is 0 Å². The van der Waals surface area contributed by atoms with Crippen LogP contribution in [0.5, 0.6) is 0 Å². The van der Waals surface area contributed by atoms with E-state index in [0.29, 0.717) is 6.61 Å². The van der Waals surface area contributed by atoms with Crippen LogP contribution < -0.4 is 0 Å². The van der Waals surface area contributed by atoms with Gasteiger partial charge in [0.05, 0.1) is 6.61 Å². The molecule has 1 fully saturated rings. The molecule has 0 saturated carbocycles. The minimum atomic E-state index is -0.790. The molecule has 0 N–H and O–H groups in total. The summed E-state index contributed by atoms with van der Waals surface area (Å²) in [6, 6.07) is 8.08.